The molecule has 0 heterocycles. The van der Waals surface area contributed by atoms with Gasteiger partial charge in [0.25, 0.3) is 0 Å². The summed E-state index contributed by atoms with van der Waals surface area (Å²) >= 11 is 1.45. The number of anilines is 1. The van der Waals surface area contributed by atoms with Crippen LogP contribution < -0.4 is 15.4 Å². The first kappa shape index (κ1) is 52.9. The highest BCUT2D eigenvalue weighted by Crippen LogP contribution is 2.68. The lowest BCUT2D eigenvalue weighted by atomic mass is 9.45. The molecule has 59 heavy (non-hydrogen) atoms. The molecule has 5 saturated carbocycles. The van der Waals surface area contributed by atoms with Gasteiger partial charge in [0.2, 0.25) is 5.91 Å². The second kappa shape index (κ2) is 27.7. The molecular weight excluding hydrogens is 746 g/mol. The van der Waals surface area contributed by atoms with E-state index in [0.717, 1.165) is 71.3 Å². The van der Waals surface area contributed by atoms with Crippen LogP contribution in [0.1, 0.15) is 184 Å². The number of benzene rings is 1. The number of likely N-dealkylation sites (N-methyl/N-ethyl adjacent to an activating group) is 1. The number of rotatable bonds is 14. The van der Waals surface area contributed by atoms with Crippen LogP contribution in [0, 0.1) is 51.8 Å². The molecule has 1 aromatic carbocycles. The van der Waals surface area contributed by atoms with Crippen molar-refractivity contribution in [2.75, 3.05) is 25.6 Å². The molecule has 0 bridgehead atoms. The molecule has 5 fully saturated rings. The van der Waals surface area contributed by atoms with Crippen LogP contribution in [-0.2, 0) is 4.79 Å². The number of allylic oxidation sites excluding steroid dienone is 3. The van der Waals surface area contributed by atoms with Gasteiger partial charge in [0, 0.05) is 35.8 Å². The predicted octanol–water partition coefficient (Wildman–Crippen LogP) is 15.9. The molecule has 0 spiro atoms. The molecule has 6 heteroatoms. The molecule has 9 unspecified atom stereocenters. The highest BCUT2D eigenvalue weighted by molar-refractivity contribution is 7.98. The van der Waals surface area contributed by atoms with Gasteiger partial charge < -0.3 is 10.6 Å². The smallest absolute Gasteiger partial charge is 0.230 e. The van der Waals surface area contributed by atoms with Gasteiger partial charge in [0.05, 0.1) is 7.18 Å². The summed E-state index contributed by atoms with van der Waals surface area (Å²) < 4.78 is 12.6. The van der Waals surface area contributed by atoms with Gasteiger partial charge in [-0.05, 0) is 191 Å². The van der Waals surface area contributed by atoms with Gasteiger partial charge in [0.1, 0.15) is 0 Å². The number of halogens is 1. The molecule has 3 N–H and O–H groups in total. The van der Waals surface area contributed by atoms with E-state index in [1.807, 2.05) is 26.8 Å². The second-order valence-electron chi connectivity index (χ2n) is 18.7. The summed E-state index contributed by atoms with van der Waals surface area (Å²) in [6.45, 7) is 29.7. The van der Waals surface area contributed by atoms with Crippen molar-refractivity contribution < 1.29 is 9.18 Å². The van der Waals surface area contributed by atoms with Crippen LogP contribution in [0.3, 0.4) is 0 Å². The first-order valence-corrected chi connectivity index (χ1v) is 25.2. The van der Waals surface area contributed by atoms with Crippen molar-refractivity contribution in [1.82, 2.24) is 10.0 Å². The van der Waals surface area contributed by atoms with Crippen LogP contribution in [0.15, 0.2) is 66.2 Å². The monoisotopic (exact) mass is 838 g/mol. The normalized spacial score (nSPS) is 31.7. The Morgan fingerprint density at radius 3 is 2.08 bits per heavy atom. The summed E-state index contributed by atoms with van der Waals surface area (Å²) in [5.74, 6) is 5.95. The van der Waals surface area contributed by atoms with E-state index in [2.05, 4.69) is 94.3 Å². The van der Waals surface area contributed by atoms with E-state index in [-0.39, 0.29) is 5.91 Å². The summed E-state index contributed by atoms with van der Waals surface area (Å²) in [4.78, 5) is 13.6. The lowest BCUT2D eigenvalue weighted by Crippen LogP contribution is -2.52. The topological polar surface area (TPSA) is 53.2 Å². The number of fused-ring (bicyclic) bond motifs is 5. The van der Waals surface area contributed by atoms with Gasteiger partial charge >= 0.3 is 0 Å². The highest BCUT2D eigenvalue weighted by atomic mass is 32.2. The number of carbonyl (C=O) groups excluding carboxylic acids is 1. The van der Waals surface area contributed by atoms with Gasteiger partial charge in [-0.2, -0.15) is 0 Å². The summed E-state index contributed by atoms with van der Waals surface area (Å²) in [7, 11) is 0.500. The largest absolute Gasteiger partial charge is 0.385 e. The van der Waals surface area contributed by atoms with Crippen molar-refractivity contribution in [3.05, 3.63) is 61.3 Å². The molecule has 6 rings (SSSR count). The third kappa shape index (κ3) is 14.7. The third-order valence-electron chi connectivity index (χ3n) is 16.0. The number of amides is 1. The first-order chi connectivity index (χ1) is 28.5. The number of hydrogen-bond donors (Lipinski definition) is 3. The SMILES string of the molecule is C=C/C=C(\C=C)NCC.CC.CCC1CCCCC1(C)CC.CCNc1ccc(SNC(=O)CCCC2CCC3C4CCC5CCCCC5(C)C4CCC23C)cc1.CF. The Morgan fingerprint density at radius 1 is 0.797 bits per heavy atom. The van der Waals surface area contributed by atoms with Crippen LogP contribution in [0.2, 0.25) is 0 Å². The van der Waals surface area contributed by atoms with Crippen molar-refractivity contribution >= 4 is 23.5 Å². The average molecular weight is 838 g/mol. The molecule has 5 aliphatic carbocycles. The Balaban J connectivity index is 0.000000410. The van der Waals surface area contributed by atoms with Crippen molar-refractivity contribution in [2.24, 2.45) is 51.8 Å². The number of hydrogen-bond acceptors (Lipinski definition) is 4. The average Bonchev–Trinajstić information content (AvgIpc) is 3.61. The molecule has 9 atom stereocenters. The summed E-state index contributed by atoms with van der Waals surface area (Å²) in [5.41, 5.74) is 4.00. The molecule has 0 aliphatic heterocycles. The Labute approximate surface area is 369 Å². The standard InChI is InChI=1S/C31H48N2OS.C11H22.C8H13N.C2H6.CH3F/c1-4-32-24-13-15-25(16-14-24)35-33-29(34)10-7-9-23-12-18-27-26-17-11-22-8-5-6-20-30(22,2)28(26)19-21-31(23,27)3;1-4-10-8-6-7-9-11(10,3)5-2;1-4-7-8(5-2)9-6-3;2*1-2/h13-16,22-23,26-28,32H,4-12,17-21H2,1-3H3,(H,33,34);10H,4-9H2,1-3H3;4-5,7,9H,1-2,6H2,3H3;1-2H3;1H3/b;;8-7+;;. The Morgan fingerprint density at radius 2 is 1.47 bits per heavy atom. The molecule has 0 saturated heterocycles. The molecule has 4 nitrogen and oxygen atoms in total. The predicted molar refractivity (Wildman–Crippen MR) is 259 cm³/mol. The Hall–Kier alpha value is -2.21. The molecule has 5 aliphatic rings. The Kier molecular flexibility index (Phi) is 24.8. The summed E-state index contributed by atoms with van der Waals surface area (Å²) in [6.07, 6.45) is 31.8. The zero-order valence-corrected chi connectivity index (χ0v) is 40.8. The van der Waals surface area contributed by atoms with Gasteiger partial charge in [-0.1, -0.05) is 106 Å². The van der Waals surface area contributed by atoms with Gasteiger partial charge in [-0.3, -0.25) is 13.9 Å². The third-order valence-corrected chi connectivity index (χ3v) is 16.8. The van der Waals surface area contributed by atoms with Crippen molar-refractivity contribution in [3.63, 3.8) is 0 Å². The summed E-state index contributed by atoms with van der Waals surface area (Å²) in [5, 5.41) is 6.41. The van der Waals surface area contributed by atoms with Crippen LogP contribution in [0.5, 0.6) is 0 Å². The minimum atomic E-state index is 0.178. The lowest BCUT2D eigenvalue weighted by molar-refractivity contribution is -0.119. The molecule has 1 aromatic rings. The van der Waals surface area contributed by atoms with Crippen molar-refractivity contribution in [1.29, 1.82) is 0 Å². The van der Waals surface area contributed by atoms with E-state index < -0.39 is 0 Å². The summed E-state index contributed by atoms with van der Waals surface area (Å²) in [6, 6.07) is 8.29. The van der Waals surface area contributed by atoms with Gasteiger partial charge in [0.15, 0.2) is 0 Å². The second-order valence-corrected chi connectivity index (χ2v) is 19.6. The molecular formula is C53H92FN3OS. The van der Waals surface area contributed by atoms with E-state index in [1.165, 1.54) is 121 Å². The van der Waals surface area contributed by atoms with Gasteiger partial charge in [-0.15, -0.1) is 0 Å². The minimum Gasteiger partial charge on any atom is -0.385 e. The van der Waals surface area contributed by atoms with E-state index in [9.17, 15) is 9.18 Å². The van der Waals surface area contributed by atoms with Crippen LogP contribution in [0.25, 0.3) is 0 Å². The fourth-order valence-corrected chi connectivity index (χ4v) is 13.2. The Bertz CT molecular complexity index is 1360. The quantitative estimate of drug-likeness (QED) is 0.129. The molecule has 0 aromatic heterocycles. The highest BCUT2D eigenvalue weighted by Gasteiger charge is 2.59. The molecule has 338 valence electrons. The number of carbonyl (C=O) groups is 1. The van der Waals surface area contributed by atoms with Crippen molar-refractivity contribution in [2.45, 2.75) is 189 Å². The molecule has 1 amide bonds. The van der Waals surface area contributed by atoms with Crippen LogP contribution in [-0.4, -0.2) is 26.2 Å². The number of nitrogens with one attached hydrogen (secondary N) is 3. The zero-order valence-electron chi connectivity index (χ0n) is 40.0. The zero-order chi connectivity index (χ0) is 43.9. The van der Waals surface area contributed by atoms with E-state index >= 15 is 0 Å². The number of alkyl halides is 1. The van der Waals surface area contributed by atoms with E-state index in [0.29, 0.717) is 29.8 Å². The van der Waals surface area contributed by atoms with Gasteiger partial charge in [-0.25, -0.2) is 0 Å². The first-order valence-electron chi connectivity index (χ1n) is 24.4. The fraction of sp³-hybridized carbons (Fsp3) is 0.755. The maximum atomic E-state index is 12.5. The van der Waals surface area contributed by atoms with Crippen LogP contribution in [0.4, 0.5) is 10.1 Å². The van der Waals surface area contributed by atoms with Crippen molar-refractivity contribution in [3.8, 4) is 0 Å². The molecule has 0 radical (unpaired) electrons. The minimum absolute atomic E-state index is 0.178. The van der Waals surface area contributed by atoms with E-state index in [4.69, 9.17) is 0 Å². The fourth-order valence-electron chi connectivity index (χ4n) is 12.6. The lowest BCUT2D eigenvalue weighted by Gasteiger charge is -2.60. The maximum absolute atomic E-state index is 12.5. The maximum Gasteiger partial charge on any atom is 0.230 e. The van der Waals surface area contributed by atoms with Crippen LogP contribution >= 0.6 is 11.9 Å². The van der Waals surface area contributed by atoms with E-state index in [1.54, 1.807) is 12.2 Å².